The number of aryl methyl sites for hydroxylation is 3. The highest BCUT2D eigenvalue weighted by molar-refractivity contribution is 5.66. The maximum atomic E-state index is 4.44. The van der Waals surface area contributed by atoms with Crippen LogP contribution in [0.3, 0.4) is 0 Å². The van der Waals surface area contributed by atoms with Gasteiger partial charge < -0.3 is 0 Å². The second-order valence-electron chi connectivity index (χ2n) is 3.87. The van der Waals surface area contributed by atoms with E-state index >= 15 is 0 Å². The van der Waals surface area contributed by atoms with Crippen LogP contribution in [-0.2, 0) is 0 Å². The summed E-state index contributed by atoms with van der Waals surface area (Å²) >= 11 is 0. The van der Waals surface area contributed by atoms with Crippen molar-refractivity contribution in [2.24, 2.45) is 0 Å². The predicted molar refractivity (Wildman–Crippen MR) is 61.7 cm³/mol. The third-order valence-corrected chi connectivity index (χ3v) is 2.49. The normalized spacial score (nSPS) is 10.3. The molecule has 0 bridgehead atoms. The SMILES string of the molecule is Cc1ccc(-c2c(C)cncc2C)nc1. The van der Waals surface area contributed by atoms with Crippen molar-refractivity contribution in [3.63, 3.8) is 0 Å². The molecule has 0 aliphatic heterocycles. The molecule has 2 heteroatoms. The molecule has 0 fully saturated rings. The first-order chi connectivity index (χ1) is 7.18. The summed E-state index contributed by atoms with van der Waals surface area (Å²) in [5.41, 5.74) is 5.75. The minimum absolute atomic E-state index is 1.03. The quantitative estimate of drug-likeness (QED) is 0.703. The smallest absolute Gasteiger partial charge is 0.0708 e. The van der Waals surface area contributed by atoms with Crippen LogP contribution in [-0.4, -0.2) is 9.97 Å². The molecule has 0 spiro atoms. The molecule has 15 heavy (non-hydrogen) atoms. The zero-order valence-corrected chi connectivity index (χ0v) is 9.28. The van der Waals surface area contributed by atoms with Crippen molar-refractivity contribution >= 4 is 0 Å². The van der Waals surface area contributed by atoms with Gasteiger partial charge >= 0.3 is 0 Å². The molecule has 2 rings (SSSR count). The summed E-state index contributed by atoms with van der Waals surface area (Å²) in [6.07, 6.45) is 5.66. The number of aromatic nitrogens is 2. The van der Waals surface area contributed by atoms with E-state index in [0.717, 1.165) is 5.69 Å². The Bertz CT molecular complexity index is 452. The highest BCUT2D eigenvalue weighted by atomic mass is 14.7. The van der Waals surface area contributed by atoms with Crippen LogP contribution in [0.2, 0.25) is 0 Å². The van der Waals surface area contributed by atoms with Gasteiger partial charge in [-0.05, 0) is 43.5 Å². The predicted octanol–water partition coefficient (Wildman–Crippen LogP) is 3.07. The van der Waals surface area contributed by atoms with Crippen LogP contribution in [0.25, 0.3) is 11.3 Å². The first kappa shape index (κ1) is 9.84. The van der Waals surface area contributed by atoms with Gasteiger partial charge in [0.2, 0.25) is 0 Å². The van der Waals surface area contributed by atoms with E-state index in [1.165, 1.54) is 22.3 Å². The third-order valence-electron chi connectivity index (χ3n) is 2.49. The highest BCUT2D eigenvalue weighted by Crippen LogP contribution is 2.24. The first-order valence-electron chi connectivity index (χ1n) is 5.02. The Balaban J connectivity index is 2.58. The van der Waals surface area contributed by atoms with E-state index < -0.39 is 0 Å². The number of hydrogen-bond donors (Lipinski definition) is 0. The fourth-order valence-electron chi connectivity index (χ4n) is 1.72. The Morgan fingerprint density at radius 2 is 1.53 bits per heavy atom. The van der Waals surface area contributed by atoms with Crippen molar-refractivity contribution in [3.8, 4) is 11.3 Å². The van der Waals surface area contributed by atoms with Crippen LogP contribution in [0.15, 0.2) is 30.7 Å². The zero-order valence-electron chi connectivity index (χ0n) is 9.28. The molecular weight excluding hydrogens is 184 g/mol. The largest absolute Gasteiger partial charge is 0.264 e. The standard InChI is InChI=1S/C13H14N2/c1-9-4-5-12(15-6-9)13-10(2)7-14-8-11(13)3/h4-8H,1-3H3. The molecule has 0 aromatic carbocycles. The van der Waals surface area contributed by atoms with Crippen molar-refractivity contribution in [3.05, 3.63) is 47.4 Å². The van der Waals surface area contributed by atoms with Crippen LogP contribution in [0, 0.1) is 20.8 Å². The molecule has 0 saturated heterocycles. The Labute approximate surface area is 90.0 Å². The molecule has 0 atom stereocenters. The molecule has 76 valence electrons. The molecule has 0 aliphatic carbocycles. The summed E-state index contributed by atoms with van der Waals surface area (Å²) in [7, 11) is 0. The number of nitrogens with zero attached hydrogens (tertiary/aromatic N) is 2. The minimum atomic E-state index is 1.03. The lowest BCUT2D eigenvalue weighted by Crippen LogP contribution is -1.92. The zero-order chi connectivity index (χ0) is 10.8. The number of hydrogen-bond acceptors (Lipinski definition) is 2. The van der Waals surface area contributed by atoms with E-state index in [0.29, 0.717) is 0 Å². The average Bonchev–Trinajstić information content (AvgIpc) is 2.20. The molecule has 2 aromatic rings. The molecule has 0 saturated carbocycles. The van der Waals surface area contributed by atoms with Crippen molar-refractivity contribution < 1.29 is 0 Å². The fraction of sp³-hybridized carbons (Fsp3) is 0.231. The average molecular weight is 198 g/mol. The molecule has 2 heterocycles. The Morgan fingerprint density at radius 1 is 0.867 bits per heavy atom. The molecule has 0 unspecified atom stereocenters. The van der Waals surface area contributed by atoms with E-state index in [9.17, 15) is 0 Å². The summed E-state index contributed by atoms with van der Waals surface area (Å²) in [5.74, 6) is 0. The molecule has 0 aliphatic rings. The summed E-state index contributed by atoms with van der Waals surface area (Å²) < 4.78 is 0. The van der Waals surface area contributed by atoms with Gasteiger partial charge in [-0.15, -0.1) is 0 Å². The lowest BCUT2D eigenvalue weighted by atomic mass is 10.0. The topological polar surface area (TPSA) is 25.8 Å². The number of rotatable bonds is 1. The number of pyridine rings is 2. The molecule has 0 amide bonds. The van der Waals surface area contributed by atoms with Gasteiger partial charge in [0, 0.05) is 24.2 Å². The summed E-state index contributed by atoms with van der Waals surface area (Å²) in [6, 6.07) is 4.15. The lowest BCUT2D eigenvalue weighted by molar-refractivity contribution is 1.19. The van der Waals surface area contributed by atoms with Crippen LogP contribution < -0.4 is 0 Å². The maximum absolute atomic E-state index is 4.44. The van der Waals surface area contributed by atoms with Gasteiger partial charge in [0.25, 0.3) is 0 Å². The molecular formula is C13H14N2. The van der Waals surface area contributed by atoms with Gasteiger partial charge in [-0.25, -0.2) is 0 Å². The minimum Gasteiger partial charge on any atom is -0.264 e. The van der Waals surface area contributed by atoms with E-state index in [-0.39, 0.29) is 0 Å². The van der Waals surface area contributed by atoms with E-state index in [2.05, 4.69) is 35.9 Å². The van der Waals surface area contributed by atoms with Crippen molar-refractivity contribution in [2.45, 2.75) is 20.8 Å². The Hall–Kier alpha value is -1.70. The molecule has 2 nitrogen and oxygen atoms in total. The van der Waals surface area contributed by atoms with E-state index in [1.807, 2.05) is 25.5 Å². The van der Waals surface area contributed by atoms with Gasteiger partial charge in [-0.3, -0.25) is 9.97 Å². The second kappa shape index (κ2) is 3.81. The molecule has 0 N–H and O–H groups in total. The van der Waals surface area contributed by atoms with Gasteiger partial charge in [0.05, 0.1) is 5.69 Å². The van der Waals surface area contributed by atoms with Crippen LogP contribution in [0.1, 0.15) is 16.7 Å². The van der Waals surface area contributed by atoms with Gasteiger partial charge in [-0.2, -0.15) is 0 Å². The monoisotopic (exact) mass is 198 g/mol. The Morgan fingerprint density at radius 3 is 2.07 bits per heavy atom. The van der Waals surface area contributed by atoms with Crippen molar-refractivity contribution in [2.75, 3.05) is 0 Å². The van der Waals surface area contributed by atoms with Crippen molar-refractivity contribution in [1.82, 2.24) is 9.97 Å². The van der Waals surface area contributed by atoms with Crippen LogP contribution in [0.4, 0.5) is 0 Å². The second-order valence-corrected chi connectivity index (χ2v) is 3.87. The summed E-state index contributed by atoms with van der Waals surface area (Å²) in [4.78, 5) is 8.60. The maximum Gasteiger partial charge on any atom is 0.0708 e. The molecule has 0 radical (unpaired) electrons. The van der Waals surface area contributed by atoms with Gasteiger partial charge in [0.15, 0.2) is 0 Å². The third kappa shape index (κ3) is 1.89. The van der Waals surface area contributed by atoms with Gasteiger partial charge in [-0.1, -0.05) is 6.07 Å². The Kier molecular flexibility index (Phi) is 2.50. The lowest BCUT2D eigenvalue weighted by Gasteiger charge is -2.08. The van der Waals surface area contributed by atoms with E-state index in [4.69, 9.17) is 0 Å². The van der Waals surface area contributed by atoms with Crippen LogP contribution in [0.5, 0.6) is 0 Å². The summed E-state index contributed by atoms with van der Waals surface area (Å²) in [6.45, 7) is 6.18. The first-order valence-corrected chi connectivity index (χ1v) is 5.02. The van der Waals surface area contributed by atoms with E-state index in [1.54, 1.807) is 0 Å². The molecule has 2 aromatic heterocycles. The van der Waals surface area contributed by atoms with Crippen LogP contribution >= 0.6 is 0 Å². The fourth-order valence-corrected chi connectivity index (χ4v) is 1.72. The highest BCUT2D eigenvalue weighted by Gasteiger charge is 2.06. The summed E-state index contributed by atoms with van der Waals surface area (Å²) in [5, 5.41) is 0. The van der Waals surface area contributed by atoms with Crippen molar-refractivity contribution in [1.29, 1.82) is 0 Å². The van der Waals surface area contributed by atoms with Gasteiger partial charge in [0.1, 0.15) is 0 Å².